The van der Waals surface area contributed by atoms with Gasteiger partial charge in [0.25, 0.3) is 0 Å². The molecule has 1 unspecified atom stereocenters. The Morgan fingerprint density at radius 3 is 2.00 bits per heavy atom. The topological polar surface area (TPSA) is 18.8 Å². The van der Waals surface area contributed by atoms with Crippen molar-refractivity contribution >= 4 is 37.4 Å². The van der Waals surface area contributed by atoms with Gasteiger partial charge in [0.15, 0.2) is 0 Å². The summed E-state index contributed by atoms with van der Waals surface area (Å²) < 4.78 is 19.0. The first kappa shape index (κ1) is 14.7. The predicted molar refractivity (Wildman–Crippen MR) is 74.7 cm³/mol. The van der Waals surface area contributed by atoms with E-state index in [4.69, 9.17) is 0 Å². The number of hydrogen-bond acceptors (Lipinski definition) is 1. The summed E-state index contributed by atoms with van der Waals surface area (Å²) in [4.78, 5) is 0.699. The van der Waals surface area contributed by atoms with Crippen LogP contribution in [0.4, 0.5) is 4.20 Å². The summed E-state index contributed by atoms with van der Waals surface area (Å²) >= 11 is 1.50. The maximum absolute atomic E-state index is 14.7. The van der Waals surface area contributed by atoms with Gasteiger partial charge in [0, 0.05) is 0 Å². The monoisotopic (exact) mass is 371 g/mol. The minimum atomic E-state index is -2.94. The molecule has 1 atom stereocenters. The first-order valence-electron chi connectivity index (χ1n) is 5.15. The molecule has 0 spiro atoms. The molecule has 0 aromatic heterocycles. The second kappa shape index (κ2) is 6.00. The van der Waals surface area contributed by atoms with Crippen LogP contribution in [0.5, 0.6) is 0 Å². The van der Waals surface area contributed by atoms with E-state index in [1.54, 1.807) is 12.1 Å². The van der Waals surface area contributed by atoms with Crippen molar-refractivity contribution in [2.45, 2.75) is 0 Å². The van der Waals surface area contributed by atoms with E-state index < -0.39 is 4.95 Å². The zero-order chi connectivity index (χ0) is 13.1. The van der Waals surface area contributed by atoms with Gasteiger partial charge in [-0.25, -0.2) is 0 Å². The van der Waals surface area contributed by atoms with E-state index in [-0.39, 0.29) is 0 Å². The van der Waals surface area contributed by atoms with E-state index in [2.05, 4.69) is 4.76 Å². The average molecular weight is 369 g/mol. The molecule has 1 aromatic rings. The Kier molecular flexibility index (Phi) is 5.19. The summed E-state index contributed by atoms with van der Waals surface area (Å²) in [6.07, 6.45) is 0. The molecule has 1 rings (SSSR count). The van der Waals surface area contributed by atoms with Gasteiger partial charge in [0.05, 0.1) is 0 Å². The fourth-order valence-electron chi connectivity index (χ4n) is 1.36. The van der Waals surface area contributed by atoms with Crippen LogP contribution >= 0.6 is 4.95 Å². The van der Waals surface area contributed by atoms with Crippen molar-refractivity contribution in [2.75, 3.05) is 28.2 Å². The Hall–Kier alpha value is -0.360. The van der Waals surface area contributed by atoms with Gasteiger partial charge in [0.2, 0.25) is 0 Å². The summed E-state index contributed by atoms with van der Waals surface area (Å²) in [5, 5.41) is 0.672. The van der Waals surface area contributed by atoms with Crippen LogP contribution in [-0.2, 0) is 0 Å². The molecule has 0 aliphatic carbocycles. The first-order chi connectivity index (χ1) is 7.84. The normalized spacial score (nSPS) is 13.7. The van der Waals surface area contributed by atoms with E-state index in [1.165, 1.54) is 21.2 Å². The number of guanidine groups is 1. The van der Waals surface area contributed by atoms with Crippen LogP contribution in [0.15, 0.2) is 35.1 Å². The summed E-state index contributed by atoms with van der Waals surface area (Å²) in [5.74, 6) is 0.648. The van der Waals surface area contributed by atoms with Crippen LogP contribution in [0.25, 0.3) is 0 Å². The van der Waals surface area contributed by atoms with E-state index >= 15 is 0 Å². The Morgan fingerprint density at radius 1 is 1.12 bits per heavy atom. The van der Waals surface area contributed by atoms with E-state index in [0.29, 0.717) is 11.3 Å². The molecule has 1 aromatic carbocycles. The third-order valence-corrected chi connectivity index (χ3v) is 5.97. The van der Waals surface area contributed by atoms with Crippen molar-refractivity contribution < 1.29 is 4.20 Å². The Labute approximate surface area is 114 Å². The van der Waals surface area contributed by atoms with Gasteiger partial charge < -0.3 is 0 Å². The number of nitrogens with zero attached hydrogens (tertiary/aromatic N) is 3. The summed E-state index contributed by atoms with van der Waals surface area (Å²) in [6, 6.07) is 9.16. The summed E-state index contributed by atoms with van der Waals surface area (Å²) in [6.45, 7) is 0. The molecule has 94 valence electrons. The van der Waals surface area contributed by atoms with Crippen molar-refractivity contribution in [3.05, 3.63) is 30.3 Å². The Morgan fingerprint density at radius 2 is 1.59 bits per heavy atom. The third-order valence-electron chi connectivity index (χ3n) is 2.09. The molecule has 3 nitrogen and oxygen atoms in total. The molecule has 0 N–H and O–H groups in total. The zero-order valence-electron chi connectivity index (χ0n) is 10.5. The van der Waals surface area contributed by atoms with Gasteiger partial charge in [-0.3, -0.25) is 0 Å². The molecule has 0 saturated heterocycles. The second-order valence-electron chi connectivity index (χ2n) is 4.03. The quantitative estimate of drug-likeness (QED) is 0.342. The first-order valence-corrected chi connectivity index (χ1v) is 9.82. The average Bonchev–Trinajstić information content (AvgIpc) is 2.26. The van der Waals surface area contributed by atoms with Gasteiger partial charge >= 0.3 is 115 Å². The van der Waals surface area contributed by atoms with Crippen molar-refractivity contribution in [3.8, 4) is 0 Å². The molecule has 0 aliphatic heterocycles. The van der Waals surface area contributed by atoms with Gasteiger partial charge in [0.1, 0.15) is 0 Å². The van der Waals surface area contributed by atoms with E-state index in [9.17, 15) is 4.20 Å². The molecule has 0 radical (unpaired) electrons. The molecule has 6 heteroatoms. The molecule has 17 heavy (non-hydrogen) atoms. The maximum atomic E-state index is 14.7. The molecule has 0 saturated carbocycles. The third kappa shape index (κ3) is 4.10. The second-order valence-corrected chi connectivity index (χ2v) is 9.89. The Balaban J connectivity index is 3.15. The molecule has 0 bridgehead atoms. The van der Waals surface area contributed by atoms with Crippen LogP contribution in [0.2, 0.25) is 0 Å². The van der Waals surface area contributed by atoms with Crippen molar-refractivity contribution in [1.29, 1.82) is 0 Å². The minimum absolute atomic E-state index is 0.648. The SMILES string of the molecule is CN(C)C(=NP(F)(=[Te])c1ccccc1)N(C)C. The van der Waals surface area contributed by atoms with Gasteiger partial charge in [-0.2, -0.15) is 0 Å². The number of benzene rings is 1. The number of halogens is 1. The van der Waals surface area contributed by atoms with Crippen molar-refractivity contribution in [3.63, 3.8) is 0 Å². The van der Waals surface area contributed by atoms with E-state index in [1.807, 2.05) is 56.2 Å². The molecular weight excluding hydrogens is 352 g/mol. The van der Waals surface area contributed by atoms with Gasteiger partial charge in [-0.15, -0.1) is 0 Å². The number of rotatable bonds is 2. The fourth-order valence-corrected chi connectivity index (χ4v) is 4.27. The van der Waals surface area contributed by atoms with Crippen LogP contribution in [0, 0.1) is 0 Å². The fraction of sp³-hybridized carbons (Fsp3) is 0.364. The van der Waals surface area contributed by atoms with Crippen LogP contribution < -0.4 is 5.30 Å². The van der Waals surface area contributed by atoms with Crippen LogP contribution in [0.1, 0.15) is 0 Å². The zero-order valence-corrected chi connectivity index (χ0v) is 13.7. The number of hydrogen-bond donors (Lipinski definition) is 0. The van der Waals surface area contributed by atoms with Gasteiger partial charge in [-0.1, -0.05) is 0 Å². The molecular formula is C11H17FN3PTe. The Bertz CT molecular complexity index is 435. The van der Waals surface area contributed by atoms with Crippen LogP contribution in [-0.4, -0.2) is 65.2 Å². The summed E-state index contributed by atoms with van der Waals surface area (Å²) in [5.41, 5.74) is 0. The van der Waals surface area contributed by atoms with E-state index in [0.717, 1.165) is 0 Å². The molecule has 0 heterocycles. The standard InChI is InChI=1S/C11H17FN3PTe/c1-14(2)11(15(3)4)13-16(12,17)10-8-6-5-7-9-10/h5-9H,1-4H3. The van der Waals surface area contributed by atoms with Gasteiger partial charge in [-0.05, 0) is 0 Å². The van der Waals surface area contributed by atoms with Crippen LogP contribution in [0.3, 0.4) is 0 Å². The van der Waals surface area contributed by atoms with Crippen molar-refractivity contribution in [1.82, 2.24) is 9.80 Å². The predicted octanol–water partition coefficient (Wildman–Crippen LogP) is 1.69. The molecule has 0 amide bonds. The van der Waals surface area contributed by atoms with Crippen molar-refractivity contribution in [2.24, 2.45) is 4.76 Å². The molecule has 0 fully saturated rings. The summed E-state index contributed by atoms with van der Waals surface area (Å²) in [7, 11) is 7.46. The molecule has 0 aliphatic rings.